The number of ether oxygens (including phenoxy) is 2. The van der Waals surface area contributed by atoms with Gasteiger partial charge >= 0.3 is 0 Å². The van der Waals surface area contributed by atoms with Gasteiger partial charge in [-0.25, -0.2) is 0 Å². The highest BCUT2D eigenvalue weighted by atomic mass is 35.5. The average molecular weight is 716 g/mol. The fraction of sp³-hybridized carbons (Fsp3) is 0.368. The van der Waals surface area contributed by atoms with Gasteiger partial charge < -0.3 is 20.5 Å². The van der Waals surface area contributed by atoms with Gasteiger partial charge in [0.25, 0.3) is 10.1 Å². The summed E-state index contributed by atoms with van der Waals surface area (Å²) in [6.45, 7) is 2.75. The summed E-state index contributed by atoms with van der Waals surface area (Å²) in [7, 11) is -4.15. The Morgan fingerprint density at radius 2 is 1.35 bits per heavy atom. The van der Waals surface area contributed by atoms with Gasteiger partial charge in [-0.2, -0.15) is 8.42 Å². The van der Waals surface area contributed by atoms with Crippen molar-refractivity contribution in [3.63, 3.8) is 0 Å². The smallest absolute Gasteiger partial charge is 0.294 e. The lowest BCUT2D eigenvalue weighted by atomic mass is 9.76. The van der Waals surface area contributed by atoms with Gasteiger partial charge in [0.05, 0.1) is 4.90 Å². The van der Waals surface area contributed by atoms with Crippen LogP contribution in [0.1, 0.15) is 72.3 Å². The molecule has 0 aromatic heterocycles. The highest BCUT2D eigenvalue weighted by Gasteiger charge is 2.30. The van der Waals surface area contributed by atoms with E-state index in [1.807, 2.05) is 36.4 Å². The SMILES string of the molecule is Cl.Cl.NC1CCc2c(ccc(OCc3ccccc3)c2OCc2ccccc2)C1CCCCCCNCCc1ccc(S(=O)(=O)O)cc1. The number of nitrogens with one attached hydrogen (secondary N) is 1. The van der Waals surface area contributed by atoms with E-state index in [4.69, 9.17) is 19.8 Å². The first-order valence-corrected chi connectivity index (χ1v) is 17.8. The quantitative estimate of drug-likeness (QED) is 0.0749. The van der Waals surface area contributed by atoms with E-state index >= 15 is 0 Å². The van der Waals surface area contributed by atoms with E-state index in [2.05, 4.69) is 41.7 Å². The molecule has 1 aliphatic carbocycles. The number of benzene rings is 4. The Kier molecular flexibility index (Phi) is 16.2. The molecule has 4 aromatic rings. The molecule has 0 saturated carbocycles. The topological polar surface area (TPSA) is 111 Å². The van der Waals surface area contributed by atoms with Gasteiger partial charge in [-0.3, -0.25) is 4.55 Å². The lowest BCUT2D eigenvalue weighted by molar-refractivity contribution is 0.251. The summed E-state index contributed by atoms with van der Waals surface area (Å²) in [5.74, 6) is 1.95. The lowest BCUT2D eigenvalue weighted by Crippen LogP contribution is -2.33. The second-order valence-corrected chi connectivity index (χ2v) is 13.6. The minimum Gasteiger partial charge on any atom is -0.485 e. The van der Waals surface area contributed by atoms with Gasteiger partial charge in [0.1, 0.15) is 13.2 Å². The maximum absolute atomic E-state index is 11.2. The predicted octanol–water partition coefficient (Wildman–Crippen LogP) is 8.07. The Labute approximate surface area is 298 Å². The summed E-state index contributed by atoms with van der Waals surface area (Å²) in [5.41, 5.74) is 12.6. The second kappa shape index (κ2) is 19.8. The van der Waals surface area contributed by atoms with E-state index in [9.17, 15) is 8.42 Å². The number of hydrogen-bond donors (Lipinski definition) is 3. The fourth-order valence-electron chi connectivity index (χ4n) is 6.23. The van der Waals surface area contributed by atoms with Gasteiger partial charge in [-0.05, 0) is 91.6 Å². The van der Waals surface area contributed by atoms with Crippen molar-refractivity contribution < 1.29 is 22.4 Å². The molecule has 0 saturated heterocycles. The largest absolute Gasteiger partial charge is 0.485 e. The molecule has 48 heavy (non-hydrogen) atoms. The zero-order chi connectivity index (χ0) is 32.2. The molecule has 4 N–H and O–H groups in total. The van der Waals surface area contributed by atoms with Crippen LogP contribution < -0.4 is 20.5 Å². The molecule has 0 spiro atoms. The molecule has 0 amide bonds. The van der Waals surface area contributed by atoms with E-state index in [0.29, 0.717) is 19.1 Å². The van der Waals surface area contributed by atoms with Gasteiger partial charge in [-0.1, -0.05) is 98.1 Å². The van der Waals surface area contributed by atoms with Crippen molar-refractivity contribution in [1.29, 1.82) is 0 Å². The van der Waals surface area contributed by atoms with Crippen molar-refractivity contribution in [3.8, 4) is 11.5 Å². The molecule has 2 atom stereocenters. The van der Waals surface area contributed by atoms with Crippen molar-refractivity contribution in [2.24, 2.45) is 5.73 Å². The first-order valence-electron chi connectivity index (χ1n) is 16.4. The van der Waals surface area contributed by atoms with Crippen molar-refractivity contribution in [2.45, 2.75) is 81.4 Å². The maximum Gasteiger partial charge on any atom is 0.294 e. The zero-order valence-corrected chi connectivity index (χ0v) is 29.7. The second-order valence-electron chi connectivity index (χ2n) is 12.1. The van der Waals surface area contributed by atoms with Crippen LogP contribution in [0.15, 0.2) is 102 Å². The normalized spacial score (nSPS) is 15.5. The summed E-state index contributed by atoms with van der Waals surface area (Å²) in [6.07, 6.45) is 8.23. The number of hydrogen-bond acceptors (Lipinski definition) is 6. The summed E-state index contributed by atoms with van der Waals surface area (Å²) in [6, 6.07) is 31.3. The van der Waals surface area contributed by atoms with E-state index in [1.54, 1.807) is 12.1 Å². The summed E-state index contributed by atoms with van der Waals surface area (Å²) < 4.78 is 44.4. The fourth-order valence-corrected chi connectivity index (χ4v) is 6.71. The van der Waals surface area contributed by atoms with Crippen LogP contribution in [-0.2, 0) is 36.2 Å². The van der Waals surface area contributed by atoms with Crippen molar-refractivity contribution in [3.05, 3.63) is 125 Å². The molecule has 2 unspecified atom stereocenters. The highest BCUT2D eigenvalue weighted by Crippen LogP contribution is 2.44. The number of rotatable bonds is 17. The lowest BCUT2D eigenvalue weighted by Gasteiger charge is -2.33. The molecule has 0 radical (unpaired) electrons. The standard InChI is InChI=1S/C38H46N2O5S.2ClH/c39-36-22-20-35-33(34(36)15-9-1-2-10-25-40-26-24-29-16-18-32(19-17-29)46(41,42)43)21-23-37(44-27-30-11-5-3-6-12-30)38(35)45-28-31-13-7-4-8-14-31;;/h3-8,11-14,16-19,21,23,34,36,40H,1-2,9-10,15,20,22,24-28,39H2,(H,41,42,43);2*1H. The average Bonchev–Trinajstić information content (AvgIpc) is 3.07. The van der Waals surface area contributed by atoms with Crippen molar-refractivity contribution >= 4 is 34.9 Å². The van der Waals surface area contributed by atoms with Gasteiger partial charge in [0, 0.05) is 11.6 Å². The Morgan fingerprint density at radius 1 is 0.729 bits per heavy atom. The Balaban J connectivity index is 0.00000312. The summed E-state index contributed by atoms with van der Waals surface area (Å²) in [4.78, 5) is -0.0729. The summed E-state index contributed by atoms with van der Waals surface area (Å²) >= 11 is 0. The first-order chi connectivity index (χ1) is 22.4. The summed E-state index contributed by atoms with van der Waals surface area (Å²) in [5, 5.41) is 3.48. The minimum absolute atomic E-state index is 0. The van der Waals surface area contributed by atoms with Crippen LogP contribution >= 0.6 is 24.8 Å². The predicted molar refractivity (Wildman–Crippen MR) is 197 cm³/mol. The van der Waals surface area contributed by atoms with Crippen LogP contribution in [0.25, 0.3) is 0 Å². The zero-order valence-electron chi connectivity index (χ0n) is 27.3. The van der Waals surface area contributed by atoms with E-state index in [0.717, 1.165) is 92.6 Å². The third kappa shape index (κ3) is 11.5. The Bertz CT molecular complexity index is 1620. The van der Waals surface area contributed by atoms with E-state index < -0.39 is 10.1 Å². The molecule has 7 nitrogen and oxygen atoms in total. The highest BCUT2D eigenvalue weighted by molar-refractivity contribution is 7.85. The van der Waals surface area contributed by atoms with Crippen LogP contribution in [-0.4, -0.2) is 32.1 Å². The monoisotopic (exact) mass is 714 g/mol. The third-order valence-corrected chi connectivity index (χ3v) is 9.67. The van der Waals surface area contributed by atoms with Crippen molar-refractivity contribution in [2.75, 3.05) is 13.1 Å². The van der Waals surface area contributed by atoms with Crippen LogP contribution in [0, 0.1) is 0 Å². The van der Waals surface area contributed by atoms with E-state index in [1.165, 1.54) is 23.3 Å². The molecular weight excluding hydrogens is 667 g/mol. The molecule has 4 aromatic carbocycles. The maximum atomic E-state index is 11.2. The molecule has 0 fully saturated rings. The third-order valence-electron chi connectivity index (χ3n) is 8.80. The number of nitrogens with two attached hydrogens (primary N) is 1. The molecule has 260 valence electrons. The molecule has 10 heteroatoms. The molecule has 1 aliphatic rings. The van der Waals surface area contributed by atoms with Gasteiger partial charge in [0.15, 0.2) is 11.5 Å². The van der Waals surface area contributed by atoms with Gasteiger partial charge in [0.2, 0.25) is 0 Å². The molecule has 0 bridgehead atoms. The molecule has 0 heterocycles. The molecule has 5 rings (SSSR count). The Hall–Kier alpha value is -3.11. The van der Waals surface area contributed by atoms with E-state index in [-0.39, 0.29) is 35.8 Å². The Morgan fingerprint density at radius 3 is 2.00 bits per heavy atom. The number of fused-ring (bicyclic) bond motifs is 1. The van der Waals surface area contributed by atoms with Gasteiger partial charge in [-0.15, -0.1) is 24.8 Å². The van der Waals surface area contributed by atoms with Crippen LogP contribution in [0.2, 0.25) is 0 Å². The number of halogens is 2. The van der Waals surface area contributed by atoms with Crippen LogP contribution in [0.4, 0.5) is 0 Å². The minimum atomic E-state index is -4.15. The number of unbranched alkanes of at least 4 members (excludes halogenated alkanes) is 3. The molecule has 0 aliphatic heterocycles. The van der Waals surface area contributed by atoms with Crippen LogP contribution in [0.3, 0.4) is 0 Å². The first kappa shape index (κ1) is 39.3. The van der Waals surface area contributed by atoms with Crippen LogP contribution in [0.5, 0.6) is 11.5 Å². The molecular formula is C38H48Cl2N2O5S. The van der Waals surface area contributed by atoms with Crippen molar-refractivity contribution in [1.82, 2.24) is 5.32 Å².